The van der Waals surface area contributed by atoms with E-state index < -0.39 is 0 Å². The van der Waals surface area contributed by atoms with Crippen molar-refractivity contribution in [2.24, 2.45) is 0 Å². The molecule has 0 fully saturated rings. The Hall–Kier alpha value is -1.45. The van der Waals surface area contributed by atoms with Crippen LogP contribution >= 0.6 is 0 Å². The van der Waals surface area contributed by atoms with Crippen LogP contribution in [0.1, 0.15) is 25.3 Å². The van der Waals surface area contributed by atoms with Gasteiger partial charge >= 0.3 is 0 Å². The van der Waals surface area contributed by atoms with Crippen molar-refractivity contribution in [3.8, 4) is 0 Å². The van der Waals surface area contributed by atoms with Crippen LogP contribution in [0.5, 0.6) is 0 Å². The lowest BCUT2D eigenvalue weighted by Crippen LogP contribution is -2.28. The Kier molecular flexibility index (Phi) is 4.67. The summed E-state index contributed by atoms with van der Waals surface area (Å²) in [4.78, 5) is 4.44. The van der Waals surface area contributed by atoms with E-state index in [1.165, 1.54) is 10.9 Å². The highest BCUT2D eigenvalue weighted by atomic mass is 16.3. The Bertz CT molecular complexity index is 499. The smallest absolute Gasteiger partial charge is 0.0702 e. The molecule has 96 valence electrons. The highest BCUT2D eigenvalue weighted by molar-refractivity contribution is 5.78. The zero-order valence-corrected chi connectivity index (χ0v) is 10.8. The van der Waals surface area contributed by atoms with Crippen LogP contribution in [0.25, 0.3) is 10.9 Å². The summed E-state index contributed by atoms with van der Waals surface area (Å²) in [5.41, 5.74) is 2.22. The van der Waals surface area contributed by atoms with Crippen molar-refractivity contribution in [1.82, 2.24) is 10.3 Å². The monoisotopic (exact) mass is 244 g/mol. The predicted octanol–water partition coefficient (Wildman–Crippen LogP) is 2.49. The van der Waals surface area contributed by atoms with E-state index in [4.69, 9.17) is 5.11 Å². The molecule has 1 atom stereocenters. The Balaban J connectivity index is 2.03. The zero-order chi connectivity index (χ0) is 12.8. The van der Waals surface area contributed by atoms with Crippen molar-refractivity contribution in [3.63, 3.8) is 0 Å². The summed E-state index contributed by atoms with van der Waals surface area (Å²) >= 11 is 0. The minimum atomic E-state index is 0.238. The summed E-state index contributed by atoms with van der Waals surface area (Å²) in [7, 11) is 0. The maximum Gasteiger partial charge on any atom is 0.0702 e. The SMILES string of the molecule is CCC(CCO)NCc1cnc2ccccc2c1. The molecule has 1 aromatic heterocycles. The second-order valence-corrected chi connectivity index (χ2v) is 4.53. The fourth-order valence-corrected chi connectivity index (χ4v) is 2.08. The van der Waals surface area contributed by atoms with Gasteiger partial charge in [-0.2, -0.15) is 0 Å². The summed E-state index contributed by atoms with van der Waals surface area (Å²) in [6.07, 6.45) is 3.75. The number of benzene rings is 1. The standard InChI is InChI=1S/C15H20N2O/c1-2-14(7-8-18)16-10-12-9-13-5-3-4-6-15(13)17-11-12/h3-6,9,11,14,16,18H,2,7-8,10H2,1H3. The first-order valence-corrected chi connectivity index (χ1v) is 6.51. The van der Waals surface area contributed by atoms with Crippen molar-refractivity contribution in [2.75, 3.05) is 6.61 Å². The quantitative estimate of drug-likeness (QED) is 0.820. The Morgan fingerprint density at radius 1 is 1.33 bits per heavy atom. The van der Waals surface area contributed by atoms with Gasteiger partial charge in [0, 0.05) is 30.8 Å². The van der Waals surface area contributed by atoms with E-state index in [0.717, 1.165) is 24.9 Å². The summed E-state index contributed by atoms with van der Waals surface area (Å²) in [6.45, 7) is 3.17. The van der Waals surface area contributed by atoms with Gasteiger partial charge in [-0.05, 0) is 30.5 Å². The average molecular weight is 244 g/mol. The van der Waals surface area contributed by atoms with Gasteiger partial charge in [0.1, 0.15) is 0 Å². The summed E-state index contributed by atoms with van der Waals surface area (Å²) in [6, 6.07) is 10.7. The molecule has 0 amide bonds. The van der Waals surface area contributed by atoms with Gasteiger partial charge in [-0.25, -0.2) is 0 Å². The Labute approximate surface area is 108 Å². The van der Waals surface area contributed by atoms with E-state index in [1.54, 1.807) is 0 Å². The van der Waals surface area contributed by atoms with Crippen LogP contribution in [-0.2, 0) is 6.54 Å². The van der Waals surface area contributed by atoms with E-state index in [2.05, 4.69) is 29.4 Å². The maximum atomic E-state index is 8.95. The molecule has 1 unspecified atom stereocenters. The second-order valence-electron chi connectivity index (χ2n) is 4.53. The molecule has 0 radical (unpaired) electrons. The molecule has 2 aromatic rings. The van der Waals surface area contributed by atoms with Gasteiger partial charge in [-0.3, -0.25) is 4.98 Å². The second kappa shape index (κ2) is 6.47. The molecule has 3 nitrogen and oxygen atoms in total. The third-order valence-corrected chi connectivity index (χ3v) is 3.21. The summed E-state index contributed by atoms with van der Waals surface area (Å²) in [5.74, 6) is 0. The highest BCUT2D eigenvalue weighted by Crippen LogP contribution is 2.12. The third-order valence-electron chi connectivity index (χ3n) is 3.21. The molecule has 0 aliphatic heterocycles. The number of rotatable bonds is 6. The molecule has 0 saturated carbocycles. The number of aliphatic hydroxyl groups excluding tert-OH is 1. The van der Waals surface area contributed by atoms with Crippen molar-refractivity contribution < 1.29 is 5.11 Å². The van der Waals surface area contributed by atoms with E-state index in [0.29, 0.717) is 6.04 Å². The third kappa shape index (κ3) is 3.28. The van der Waals surface area contributed by atoms with Crippen LogP contribution < -0.4 is 5.32 Å². The van der Waals surface area contributed by atoms with Crippen LogP contribution in [0.3, 0.4) is 0 Å². The van der Waals surface area contributed by atoms with Crippen LogP contribution in [-0.4, -0.2) is 22.7 Å². The van der Waals surface area contributed by atoms with Crippen LogP contribution in [0, 0.1) is 0 Å². The molecule has 0 bridgehead atoms. The molecule has 0 aliphatic carbocycles. The molecule has 0 saturated heterocycles. The molecule has 3 heteroatoms. The zero-order valence-electron chi connectivity index (χ0n) is 10.8. The average Bonchev–Trinajstić information content (AvgIpc) is 2.43. The number of hydrogen-bond donors (Lipinski definition) is 2. The molecule has 1 heterocycles. The number of fused-ring (bicyclic) bond motifs is 1. The van der Waals surface area contributed by atoms with E-state index in [-0.39, 0.29) is 6.61 Å². The van der Waals surface area contributed by atoms with Gasteiger partial charge in [0.15, 0.2) is 0 Å². The molecule has 0 aliphatic rings. The van der Waals surface area contributed by atoms with Gasteiger partial charge in [0.2, 0.25) is 0 Å². The highest BCUT2D eigenvalue weighted by Gasteiger charge is 2.05. The number of aliphatic hydroxyl groups is 1. The molecule has 1 aromatic carbocycles. The number of aromatic nitrogens is 1. The first-order chi connectivity index (χ1) is 8.83. The molecular weight excluding hydrogens is 224 g/mol. The largest absolute Gasteiger partial charge is 0.396 e. The number of para-hydroxylation sites is 1. The van der Waals surface area contributed by atoms with Crippen molar-refractivity contribution in [1.29, 1.82) is 0 Å². The Morgan fingerprint density at radius 2 is 2.17 bits per heavy atom. The fraction of sp³-hybridized carbons (Fsp3) is 0.400. The molecular formula is C15H20N2O. The molecule has 18 heavy (non-hydrogen) atoms. The van der Waals surface area contributed by atoms with Crippen molar-refractivity contribution in [3.05, 3.63) is 42.1 Å². The van der Waals surface area contributed by atoms with Crippen LogP contribution in [0.15, 0.2) is 36.5 Å². The predicted molar refractivity (Wildman–Crippen MR) is 74.4 cm³/mol. The first kappa shape index (κ1) is 13.0. The number of hydrogen-bond acceptors (Lipinski definition) is 3. The minimum Gasteiger partial charge on any atom is -0.396 e. The van der Waals surface area contributed by atoms with E-state index >= 15 is 0 Å². The topological polar surface area (TPSA) is 45.1 Å². The lowest BCUT2D eigenvalue weighted by Gasteiger charge is -2.15. The maximum absolute atomic E-state index is 8.95. The minimum absolute atomic E-state index is 0.238. The lowest BCUT2D eigenvalue weighted by atomic mass is 10.1. The Morgan fingerprint density at radius 3 is 2.94 bits per heavy atom. The molecule has 0 spiro atoms. The van der Waals surface area contributed by atoms with Gasteiger partial charge in [-0.15, -0.1) is 0 Å². The lowest BCUT2D eigenvalue weighted by molar-refractivity contribution is 0.262. The van der Waals surface area contributed by atoms with Crippen LogP contribution in [0.4, 0.5) is 0 Å². The van der Waals surface area contributed by atoms with Gasteiger partial charge in [0.05, 0.1) is 5.52 Å². The number of nitrogens with zero attached hydrogens (tertiary/aromatic N) is 1. The van der Waals surface area contributed by atoms with E-state index in [1.807, 2.05) is 24.4 Å². The van der Waals surface area contributed by atoms with Gasteiger partial charge < -0.3 is 10.4 Å². The number of nitrogens with one attached hydrogen (secondary N) is 1. The molecule has 2 rings (SSSR count). The van der Waals surface area contributed by atoms with E-state index in [9.17, 15) is 0 Å². The first-order valence-electron chi connectivity index (χ1n) is 6.51. The summed E-state index contributed by atoms with van der Waals surface area (Å²) in [5, 5.41) is 13.6. The van der Waals surface area contributed by atoms with Gasteiger partial charge in [-0.1, -0.05) is 25.1 Å². The number of pyridine rings is 1. The van der Waals surface area contributed by atoms with Gasteiger partial charge in [0.25, 0.3) is 0 Å². The summed E-state index contributed by atoms with van der Waals surface area (Å²) < 4.78 is 0. The van der Waals surface area contributed by atoms with Crippen molar-refractivity contribution in [2.45, 2.75) is 32.4 Å². The normalized spacial score (nSPS) is 12.8. The van der Waals surface area contributed by atoms with Crippen molar-refractivity contribution >= 4 is 10.9 Å². The fourth-order valence-electron chi connectivity index (χ4n) is 2.08. The molecule has 2 N–H and O–H groups in total. The van der Waals surface area contributed by atoms with Crippen LogP contribution in [0.2, 0.25) is 0 Å².